The van der Waals surface area contributed by atoms with Crippen molar-refractivity contribution in [3.05, 3.63) is 34.9 Å². The van der Waals surface area contributed by atoms with E-state index in [1.54, 1.807) is 5.56 Å². The van der Waals surface area contributed by atoms with E-state index < -0.39 is 9.33 Å². The molecule has 0 fully saturated rings. The maximum Gasteiger partial charge on any atom is 0.353 e. The standard InChI is InChI=1S/C15H24.ClHO3S/c1-10(2)13-8-7-9-14(11(3)4)15(13)12(5)6;1-5(2,3)4/h7-12H,1-6H3;(H,2,3,4). The lowest BCUT2D eigenvalue weighted by Gasteiger charge is -2.22. The first kappa shape index (κ1) is 19.4. The van der Waals surface area contributed by atoms with Crippen LogP contribution in [0.1, 0.15) is 76.0 Å². The van der Waals surface area contributed by atoms with Gasteiger partial charge in [-0.3, -0.25) is 4.55 Å². The van der Waals surface area contributed by atoms with Gasteiger partial charge in [0.25, 0.3) is 0 Å². The number of hydrogen-bond acceptors (Lipinski definition) is 2. The van der Waals surface area contributed by atoms with Crippen molar-refractivity contribution in [1.29, 1.82) is 0 Å². The third-order valence-electron chi connectivity index (χ3n) is 2.99. The quantitative estimate of drug-likeness (QED) is 0.623. The average Bonchev–Trinajstić information content (AvgIpc) is 2.25. The molecule has 1 N–H and O–H groups in total. The summed E-state index contributed by atoms with van der Waals surface area (Å²) in [4.78, 5) is 0. The third-order valence-corrected chi connectivity index (χ3v) is 2.99. The molecule has 0 aliphatic heterocycles. The Hall–Kier alpha value is -0.580. The van der Waals surface area contributed by atoms with Crippen molar-refractivity contribution in [3.8, 4) is 0 Å². The fraction of sp³-hybridized carbons (Fsp3) is 0.600. The molecule has 5 heteroatoms. The summed E-state index contributed by atoms with van der Waals surface area (Å²) in [6, 6.07) is 6.77. The minimum Gasteiger partial charge on any atom is -0.273 e. The van der Waals surface area contributed by atoms with Gasteiger partial charge in [0.05, 0.1) is 0 Å². The van der Waals surface area contributed by atoms with Crippen molar-refractivity contribution in [2.75, 3.05) is 0 Å². The molecule has 0 heterocycles. The maximum atomic E-state index is 8.95. The Labute approximate surface area is 127 Å². The van der Waals surface area contributed by atoms with Crippen LogP contribution in [0.3, 0.4) is 0 Å². The number of hydrogen-bond donors (Lipinski definition) is 1. The van der Waals surface area contributed by atoms with Gasteiger partial charge >= 0.3 is 9.33 Å². The predicted molar refractivity (Wildman–Crippen MR) is 86.1 cm³/mol. The lowest BCUT2D eigenvalue weighted by atomic mass is 9.83. The summed E-state index contributed by atoms with van der Waals surface area (Å²) in [5.41, 5.74) is 4.62. The molecule has 0 unspecified atom stereocenters. The SMILES string of the molecule is CC(C)c1cccc(C(C)C)c1C(C)C.O=S(=O)(O)Cl. The number of rotatable bonds is 3. The minimum atomic E-state index is -4.19. The van der Waals surface area contributed by atoms with Crippen LogP contribution >= 0.6 is 10.7 Å². The van der Waals surface area contributed by atoms with Gasteiger partial charge in [0.2, 0.25) is 0 Å². The zero-order valence-electron chi connectivity index (χ0n) is 13.0. The molecule has 0 bridgehead atoms. The zero-order valence-corrected chi connectivity index (χ0v) is 14.6. The van der Waals surface area contributed by atoms with Gasteiger partial charge in [0.15, 0.2) is 0 Å². The molecular weight excluding hydrogens is 296 g/mol. The zero-order chi connectivity index (χ0) is 16.1. The molecular formula is C15H25ClO3S. The average molecular weight is 321 g/mol. The summed E-state index contributed by atoms with van der Waals surface area (Å²) >= 11 is 0. The third kappa shape index (κ3) is 7.27. The van der Waals surface area contributed by atoms with Crippen molar-refractivity contribution in [2.45, 2.75) is 59.3 Å². The van der Waals surface area contributed by atoms with Crippen LogP contribution < -0.4 is 0 Å². The summed E-state index contributed by atoms with van der Waals surface area (Å²) in [5, 5.41) is 0. The normalized spacial score (nSPS) is 11.8. The summed E-state index contributed by atoms with van der Waals surface area (Å²) < 4.78 is 25.2. The molecule has 0 radical (unpaired) electrons. The summed E-state index contributed by atoms with van der Waals surface area (Å²) in [6.07, 6.45) is 0. The van der Waals surface area contributed by atoms with Crippen LogP contribution in [0.25, 0.3) is 0 Å². The van der Waals surface area contributed by atoms with Gasteiger partial charge in [0, 0.05) is 10.7 Å². The van der Waals surface area contributed by atoms with E-state index in [1.165, 1.54) is 11.1 Å². The Morgan fingerprint density at radius 3 is 1.40 bits per heavy atom. The van der Waals surface area contributed by atoms with Crippen molar-refractivity contribution >= 4 is 20.0 Å². The second-order valence-corrected chi connectivity index (χ2v) is 7.72. The molecule has 1 aromatic rings. The molecule has 3 nitrogen and oxygen atoms in total. The van der Waals surface area contributed by atoms with E-state index in [0.29, 0.717) is 17.8 Å². The van der Waals surface area contributed by atoms with Crippen LogP contribution in [0.4, 0.5) is 0 Å². The van der Waals surface area contributed by atoms with Gasteiger partial charge in [0.1, 0.15) is 0 Å². The molecule has 0 atom stereocenters. The summed E-state index contributed by atoms with van der Waals surface area (Å²) in [5.74, 6) is 1.88. The second kappa shape index (κ2) is 8.01. The predicted octanol–water partition coefficient (Wildman–Crippen LogP) is 5.08. The monoisotopic (exact) mass is 320 g/mol. The molecule has 0 saturated heterocycles. The van der Waals surface area contributed by atoms with Crippen LogP contribution in [-0.4, -0.2) is 13.0 Å². The van der Waals surface area contributed by atoms with E-state index in [2.05, 4.69) is 70.4 Å². The second-order valence-electron chi connectivity index (χ2n) is 5.73. The Morgan fingerprint density at radius 1 is 0.900 bits per heavy atom. The Morgan fingerprint density at radius 2 is 1.20 bits per heavy atom. The number of halogens is 1. The lowest BCUT2D eigenvalue weighted by molar-refractivity contribution is 0.501. The van der Waals surface area contributed by atoms with Crippen LogP contribution in [0.5, 0.6) is 0 Å². The number of benzene rings is 1. The van der Waals surface area contributed by atoms with Crippen molar-refractivity contribution in [3.63, 3.8) is 0 Å². The molecule has 0 amide bonds. The van der Waals surface area contributed by atoms with Gasteiger partial charge in [-0.05, 0) is 34.4 Å². The maximum absolute atomic E-state index is 8.95. The van der Waals surface area contributed by atoms with E-state index in [-0.39, 0.29) is 0 Å². The Kier molecular flexibility index (Phi) is 7.78. The van der Waals surface area contributed by atoms with E-state index in [0.717, 1.165) is 0 Å². The van der Waals surface area contributed by atoms with E-state index in [4.69, 9.17) is 13.0 Å². The first-order valence-electron chi connectivity index (χ1n) is 6.74. The molecule has 116 valence electrons. The molecule has 0 spiro atoms. The molecule has 1 rings (SSSR count). The molecule has 1 aromatic carbocycles. The van der Waals surface area contributed by atoms with Gasteiger partial charge in [-0.2, -0.15) is 8.42 Å². The smallest absolute Gasteiger partial charge is 0.273 e. The Balaban J connectivity index is 0.000000621. The first-order valence-corrected chi connectivity index (χ1v) is 9.01. The van der Waals surface area contributed by atoms with Gasteiger partial charge in [-0.1, -0.05) is 59.7 Å². The van der Waals surface area contributed by atoms with Crippen molar-refractivity contribution < 1.29 is 13.0 Å². The highest BCUT2D eigenvalue weighted by molar-refractivity contribution is 8.09. The minimum absolute atomic E-state index is 0.626. The van der Waals surface area contributed by atoms with Crippen LogP contribution in [0, 0.1) is 0 Å². The van der Waals surface area contributed by atoms with Gasteiger partial charge in [-0.25, -0.2) is 0 Å². The highest BCUT2D eigenvalue weighted by atomic mass is 35.7. The first-order chi connectivity index (χ1) is 8.95. The molecule has 0 aromatic heterocycles. The molecule has 20 heavy (non-hydrogen) atoms. The molecule has 0 saturated carbocycles. The molecule has 0 aliphatic carbocycles. The fourth-order valence-electron chi connectivity index (χ4n) is 2.28. The highest BCUT2D eigenvalue weighted by Gasteiger charge is 2.15. The lowest BCUT2D eigenvalue weighted by Crippen LogP contribution is -2.04. The Bertz CT molecular complexity index is 486. The van der Waals surface area contributed by atoms with Crippen LogP contribution in [-0.2, 0) is 9.33 Å². The van der Waals surface area contributed by atoms with Crippen molar-refractivity contribution in [2.24, 2.45) is 0 Å². The van der Waals surface area contributed by atoms with Crippen molar-refractivity contribution in [1.82, 2.24) is 0 Å². The summed E-state index contributed by atoms with van der Waals surface area (Å²) in [6.45, 7) is 13.7. The van der Waals surface area contributed by atoms with E-state index in [9.17, 15) is 0 Å². The van der Waals surface area contributed by atoms with Gasteiger partial charge < -0.3 is 0 Å². The van der Waals surface area contributed by atoms with Gasteiger partial charge in [-0.15, -0.1) is 0 Å². The fourth-order valence-corrected chi connectivity index (χ4v) is 2.28. The largest absolute Gasteiger partial charge is 0.353 e. The topological polar surface area (TPSA) is 54.4 Å². The highest BCUT2D eigenvalue weighted by Crippen LogP contribution is 2.32. The summed E-state index contributed by atoms with van der Waals surface area (Å²) in [7, 11) is -0.137. The van der Waals surface area contributed by atoms with Crippen LogP contribution in [0.2, 0.25) is 0 Å². The van der Waals surface area contributed by atoms with Crippen LogP contribution in [0.15, 0.2) is 18.2 Å². The van der Waals surface area contributed by atoms with E-state index >= 15 is 0 Å². The molecule has 0 aliphatic rings. The van der Waals surface area contributed by atoms with E-state index in [1.807, 2.05) is 0 Å².